The van der Waals surface area contributed by atoms with Gasteiger partial charge in [0, 0.05) is 0 Å². The second-order valence-electron chi connectivity index (χ2n) is 7.50. The number of hydrogen-bond donors (Lipinski definition) is 1. The summed E-state index contributed by atoms with van der Waals surface area (Å²) >= 11 is 1.02. The molecule has 1 atom stereocenters. The molecule has 162 valence electrons. The van der Waals surface area contributed by atoms with E-state index in [2.05, 4.69) is 12.2 Å². The molecule has 0 saturated carbocycles. The summed E-state index contributed by atoms with van der Waals surface area (Å²) < 4.78 is 11.6. The van der Waals surface area contributed by atoms with Gasteiger partial charge in [0.2, 0.25) is 5.91 Å². The SMILES string of the molecule is CCCc1ccc2c(c1)OCN(CCOc1ccc(CC3SC(=O)NC3=O)cc1)C2=O. The van der Waals surface area contributed by atoms with E-state index in [0.29, 0.717) is 36.6 Å². The molecule has 8 heteroatoms. The van der Waals surface area contributed by atoms with Crippen LogP contribution in [0.4, 0.5) is 4.79 Å². The van der Waals surface area contributed by atoms with Gasteiger partial charge in [0.25, 0.3) is 11.1 Å². The average molecular weight is 441 g/mol. The third-order valence-corrected chi connectivity index (χ3v) is 6.20. The van der Waals surface area contributed by atoms with Crippen molar-refractivity contribution in [1.29, 1.82) is 0 Å². The van der Waals surface area contributed by atoms with Gasteiger partial charge in [0.15, 0.2) is 6.73 Å². The predicted octanol–water partition coefficient (Wildman–Crippen LogP) is 3.40. The van der Waals surface area contributed by atoms with Crippen molar-refractivity contribution < 1.29 is 23.9 Å². The molecule has 0 aromatic heterocycles. The number of carbonyl (C=O) groups excluding carboxylic acids is 3. The van der Waals surface area contributed by atoms with Gasteiger partial charge in [-0.15, -0.1) is 0 Å². The highest BCUT2D eigenvalue weighted by Crippen LogP contribution is 2.27. The second kappa shape index (κ2) is 9.43. The standard InChI is InChI=1S/C23H24N2O5S/c1-2-3-15-6-9-18-19(12-15)30-14-25(22(18)27)10-11-29-17-7-4-16(5-8-17)13-20-21(26)24-23(28)31-20/h4-9,12,20H,2-3,10-11,13-14H2,1H3,(H,24,26,28). The van der Waals surface area contributed by atoms with Gasteiger partial charge in [-0.25, -0.2) is 0 Å². The lowest BCUT2D eigenvalue weighted by atomic mass is 10.1. The first kappa shape index (κ1) is 21.2. The molecule has 4 rings (SSSR count). The highest BCUT2D eigenvalue weighted by atomic mass is 32.2. The molecule has 2 heterocycles. The Balaban J connectivity index is 1.27. The van der Waals surface area contributed by atoms with Gasteiger partial charge in [-0.1, -0.05) is 43.3 Å². The van der Waals surface area contributed by atoms with E-state index in [9.17, 15) is 14.4 Å². The molecule has 2 aliphatic heterocycles. The van der Waals surface area contributed by atoms with E-state index in [1.807, 2.05) is 42.5 Å². The molecule has 0 aliphatic carbocycles. The number of benzene rings is 2. The Hall–Kier alpha value is -3.00. The Labute approximate surface area is 185 Å². The molecule has 31 heavy (non-hydrogen) atoms. The lowest BCUT2D eigenvalue weighted by molar-refractivity contribution is -0.118. The van der Waals surface area contributed by atoms with Crippen molar-refractivity contribution in [1.82, 2.24) is 10.2 Å². The molecule has 0 bridgehead atoms. The number of nitrogens with one attached hydrogen (secondary N) is 1. The minimum atomic E-state index is -0.384. The number of hydrogen-bond acceptors (Lipinski definition) is 6. The summed E-state index contributed by atoms with van der Waals surface area (Å²) in [7, 11) is 0. The molecule has 0 radical (unpaired) electrons. The van der Waals surface area contributed by atoms with Crippen LogP contribution in [0.2, 0.25) is 0 Å². The minimum absolute atomic E-state index is 0.0508. The number of nitrogens with zero attached hydrogens (tertiary/aromatic N) is 1. The van der Waals surface area contributed by atoms with Crippen molar-refractivity contribution in [2.75, 3.05) is 19.9 Å². The molecule has 1 N–H and O–H groups in total. The van der Waals surface area contributed by atoms with Crippen LogP contribution >= 0.6 is 11.8 Å². The van der Waals surface area contributed by atoms with Crippen LogP contribution in [0, 0.1) is 0 Å². The van der Waals surface area contributed by atoms with Gasteiger partial charge in [0.05, 0.1) is 17.4 Å². The lowest BCUT2D eigenvalue weighted by Crippen LogP contribution is -2.41. The first-order valence-corrected chi connectivity index (χ1v) is 11.2. The van der Waals surface area contributed by atoms with Gasteiger partial charge in [-0.2, -0.15) is 0 Å². The smallest absolute Gasteiger partial charge is 0.286 e. The summed E-state index contributed by atoms with van der Waals surface area (Å²) in [5, 5.41) is 1.61. The van der Waals surface area contributed by atoms with Gasteiger partial charge >= 0.3 is 0 Å². The van der Waals surface area contributed by atoms with Crippen LogP contribution < -0.4 is 14.8 Å². The van der Waals surface area contributed by atoms with Crippen LogP contribution in [0.3, 0.4) is 0 Å². The number of ether oxygens (including phenoxy) is 2. The molecule has 1 unspecified atom stereocenters. The van der Waals surface area contributed by atoms with E-state index in [0.717, 1.165) is 30.2 Å². The number of amides is 3. The monoisotopic (exact) mass is 440 g/mol. The first-order valence-electron chi connectivity index (χ1n) is 10.3. The molecule has 2 aromatic rings. The number of aryl methyl sites for hydroxylation is 1. The van der Waals surface area contributed by atoms with Gasteiger partial charge in [0.1, 0.15) is 18.1 Å². The molecule has 0 spiro atoms. The van der Waals surface area contributed by atoms with Crippen LogP contribution in [-0.4, -0.2) is 47.1 Å². The van der Waals surface area contributed by atoms with Gasteiger partial charge in [-0.05, 0) is 48.2 Å². The quantitative estimate of drug-likeness (QED) is 0.677. The molecular formula is C23H24N2O5S. The zero-order valence-electron chi connectivity index (χ0n) is 17.3. The fraction of sp³-hybridized carbons (Fsp3) is 0.348. The molecular weight excluding hydrogens is 416 g/mol. The van der Waals surface area contributed by atoms with Crippen LogP contribution in [0.15, 0.2) is 42.5 Å². The summed E-state index contributed by atoms with van der Waals surface area (Å²) in [4.78, 5) is 37.3. The van der Waals surface area contributed by atoms with Gasteiger partial charge < -0.3 is 14.4 Å². The van der Waals surface area contributed by atoms with Crippen molar-refractivity contribution in [3.63, 3.8) is 0 Å². The highest BCUT2D eigenvalue weighted by molar-refractivity contribution is 8.15. The average Bonchev–Trinajstić information content (AvgIpc) is 3.08. The van der Waals surface area contributed by atoms with Crippen LogP contribution in [0.1, 0.15) is 34.8 Å². The van der Waals surface area contributed by atoms with Gasteiger partial charge in [-0.3, -0.25) is 19.7 Å². The predicted molar refractivity (Wildman–Crippen MR) is 118 cm³/mol. The number of rotatable bonds is 8. The van der Waals surface area contributed by atoms with E-state index >= 15 is 0 Å². The normalized spacial score (nSPS) is 17.9. The number of fused-ring (bicyclic) bond motifs is 1. The Bertz CT molecular complexity index is 992. The van der Waals surface area contributed by atoms with Crippen LogP contribution in [-0.2, 0) is 17.6 Å². The minimum Gasteiger partial charge on any atom is -0.492 e. The summed E-state index contributed by atoms with van der Waals surface area (Å²) in [5.41, 5.74) is 2.71. The zero-order valence-corrected chi connectivity index (χ0v) is 18.1. The molecule has 2 aromatic carbocycles. The number of carbonyl (C=O) groups is 3. The van der Waals surface area contributed by atoms with E-state index in [-0.39, 0.29) is 29.0 Å². The van der Waals surface area contributed by atoms with Crippen LogP contribution in [0.5, 0.6) is 11.5 Å². The van der Waals surface area contributed by atoms with Crippen molar-refractivity contribution in [2.45, 2.75) is 31.4 Å². The fourth-order valence-electron chi connectivity index (χ4n) is 3.59. The molecule has 2 aliphatic rings. The summed E-state index contributed by atoms with van der Waals surface area (Å²) in [5.74, 6) is 1.04. The van der Waals surface area contributed by atoms with Crippen LogP contribution in [0.25, 0.3) is 0 Å². The van der Waals surface area contributed by atoms with Crippen molar-refractivity contribution >= 4 is 28.8 Å². The molecule has 1 fully saturated rings. The van der Waals surface area contributed by atoms with Crippen molar-refractivity contribution in [3.8, 4) is 11.5 Å². The highest BCUT2D eigenvalue weighted by Gasteiger charge is 2.31. The molecule has 3 amide bonds. The van der Waals surface area contributed by atoms with E-state index in [4.69, 9.17) is 9.47 Å². The first-order chi connectivity index (χ1) is 15.0. The maximum absolute atomic E-state index is 12.7. The Morgan fingerprint density at radius 3 is 2.61 bits per heavy atom. The summed E-state index contributed by atoms with van der Waals surface area (Å²) in [6.07, 6.45) is 2.50. The Morgan fingerprint density at radius 1 is 1.13 bits per heavy atom. The zero-order chi connectivity index (χ0) is 21.8. The molecule has 7 nitrogen and oxygen atoms in total. The third-order valence-electron chi connectivity index (χ3n) is 5.22. The van der Waals surface area contributed by atoms with Crippen molar-refractivity contribution in [2.24, 2.45) is 0 Å². The summed E-state index contributed by atoms with van der Waals surface area (Å²) in [6.45, 7) is 3.09. The Morgan fingerprint density at radius 2 is 1.90 bits per heavy atom. The third kappa shape index (κ3) is 5.02. The second-order valence-corrected chi connectivity index (χ2v) is 8.68. The number of imide groups is 1. The largest absolute Gasteiger partial charge is 0.492 e. The van der Waals surface area contributed by atoms with E-state index in [1.54, 1.807) is 4.90 Å². The maximum atomic E-state index is 12.7. The Kier molecular flexibility index (Phi) is 6.46. The number of thioether (sulfide) groups is 1. The fourth-order valence-corrected chi connectivity index (χ4v) is 4.45. The van der Waals surface area contributed by atoms with E-state index in [1.165, 1.54) is 5.56 Å². The maximum Gasteiger partial charge on any atom is 0.286 e. The lowest BCUT2D eigenvalue weighted by Gasteiger charge is -2.29. The molecule has 1 saturated heterocycles. The van der Waals surface area contributed by atoms with Crippen molar-refractivity contribution in [3.05, 3.63) is 59.2 Å². The topological polar surface area (TPSA) is 84.9 Å². The van der Waals surface area contributed by atoms with E-state index < -0.39 is 0 Å². The summed E-state index contributed by atoms with van der Waals surface area (Å²) in [6, 6.07) is 13.2.